The lowest BCUT2D eigenvalue weighted by atomic mass is 10.1. The number of rotatable bonds is 4. The summed E-state index contributed by atoms with van der Waals surface area (Å²) in [5.74, 6) is 0.609. The summed E-state index contributed by atoms with van der Waals surface area (Å²) in [6, 6.07) is 5.51. The Morgan fingerprint density at radius 3 is 3.11 bits per heavy atom. The Balaban J connectivity index is 1.99. The fourth-order valence-electron chi connectivity index (χ4n) is 1.99. The molecule has 1 heterocycles. The van der Waals surface area contributed by atoms with Crippen molar-refractivity contribution in [1.82, 2.24) is 0 Å². The van der Waals surface area contributed by atoms with Gasteiger partial charge in [0.2, 0.25) is 5.91 Å². The monoisotopic (exact) mass is 313 g/mol. The van der Waals surface area contributed by atoms with Gasteiger partial charge in [0.1, 0.15) is 5.75 Å². The van der Waals surface area contributed by atoms with Gasteiger partial charge in [-0.05, 0) is 31.0 Å². The van der Waals surface area contributed by atoms with Crippen LogP contribution in [0.15, 0.2) is 22.7 Å². The zero-order chi connectivity index (χ0) is 13.0. The lowest BCUT2D eigenvalue weighted by Crippen LogP contribution is -2.19. The molecule has 1 saturated heterocycles. The molecule has 1 unspecified atom stereocenters. The molecule has 1 aliphatic rings. The molecule has 18 heavy (non-hydrogen) atoms. The van der Waals surface area contributed by atoms with Gasteiger partial charge in [0.15, 0.2) is 0 Å². The minimum absolute atomic E-state index is 0.0432. The van der Waals surface area contributed by atoms with Gasteiger partial charge in [-0.1, -0.05) is 15.9 Å². The Bertz CT molecular complexity index is 430. The molecule has 98 valence electrons. The predicted molar refractivity (Wildman–Crippen MR) is 72.9 cm³/mol. The van der Waals surface area contributed by atoms with E-state index in [4.69, 9.17) is 9.47 Å². The maximum absolute atomic E-state index is 11.9. The Hall–Kier alpha value is -1.07. The number of carbonyl (C=O) groups is 1. The summed E-state index contributed by atoms with van der Waals surface area (Å²) in [5.41, 5.74) is 0.676. The number of ether oxygens (including phenoxy) is 2. The predicted octanol–water partition coefficient (Wildman–Crippen LogP) is 2.97. The summed E-state index contributed by atoms with van der Waals surface area (Å²) < 4.78 is 11.5. The molecule has 1 aliphatic heterocycles. The first-order valence-electron chi connectivity index (χ1n) is 5.94. The summed E-state index contributed by atoms with van der Waals surface area (Å²) in [6.45, 7) is 0.762. The van der Waals surface area contributed by atoms with Gasteiger partial charge in [-0.25, -0.2) is 0 Å². The van der Waals surface area contributed by atoms with E-state index in [9.17, 15) is 4.79 Å². The van der Waals surface area contributed by atoms with Crippen LogP contribution in [0.2, 0.25) is 0 Å². The standard InChI is InChI=1S/C13H16BrNO3/c1-17-12-5-4-9(14)7-11(12)15-13(16)8-10-3-2-6-18-10/h4-5,7,10H,2-3,6,8H2,1H3,(H,15,16). The summed E-state index contributed by atoms with van der Waals surface area (Å²) in [6.07, 6.45) is 2.46. The first-order chi connectivity index (χ1) is 8.69. The van der Waals surface area contributed by atoms with E-state index >= 15 is 0 Å². The SMILES string of the molecule is COc1ccc(Br)cc1NC(=O)CC1CCCO1. The van der Waals surface area contributed by atoms with Gasteiger partial charge in [0.05, 0.1) is 25.3 Å². The van der Waals surface area contributed by atoms with Crippen LogP contribution in [0.4, 0.5) is 5.69 Å². The highest BCUT2D eigenvalue weighted by molar-refractivity contribution is 9.10. The molecule has 0 saturated carbocycles. The second kappa shape index (κ2) is 6.20. The highest BCUT2D eigenvalue weighted by Crippen LogP contribution is 2.28. The van der Waals surface area contributed by atoms with Gasteiger partial charge in [0.25, 0.3) is 0 Å². The molecule has 2 rings (SSSR count). The largest absolute Gasteiger partial charge is 0.495 e. The van der Waals surface area contributed by atoms with Crippen LogP contribution in [-0.4, -0.2) is 25.7 Å². The van der Waals surface area contributed by atoms with E-state index in [0.29, 0.717) is 17.9 Å². The van der Waals surface area contributed by atoms with Gasteiger partial charge in [-0.3, -0.25) is 4.79 Å². The number of hydrogen-bond donors (Lipinski definition) is 1. The molecule has 0 spiro atoms. The van der Waals surface area contributed by atoms with Crippen LogP contribution in [0, 0.1) is 0 Å². The zero-order valence-electron chi connectivity index (χ0n) is 10.2. The average Bonchev–Trinajstić information content (AvgIpc) is 2.82. The van der Waals surface area contributed by atoms with Gasteiger partial charge in [-0.15, -0.1) is 0 Å². The number of hydrogen-bond acceptors (Lipinski definition) is 3. The molecule has 1 aromatic carbocycles. The van der Waals surface area contributed by atoms with E-state index in [1.807, 2.05) is 18.2 Å². The fourth-order valence-corrected chi connectivity index (χ4v) is 2.35. The van der Waals surface area contributed by atoms with Crippen LogP contribution in [0.5, 0.6) is 5.75 Å². The second-order valence-corrected chi connectivity index (χ2v) is 5.15. The molecule has 0 aliphatic carbocycles. The number of nitrogens with one attached hydrogen (secondary N) is 1. The lowest BCUT2D eigenvalue weighted by Gasteiger charge is -2.12. The summed E-state index contributed by atoms with van der Waals surface area (Å²) in [7, 11) is 1.58. The molecule has 1 fully saturated rings. The topological polar surface area (TPSA) is 47.6 Å². The molecule has 1 atom stereocenters. The molecule has 0 aromatic heterocycles. The Morgan fingerprint density at radius 1 is 1.61 bits per heavy atom. The van der Waals surface area contributed by atoms with Crippen molar-refractivity contribution in [3.05, 3.63) is 22.7 Å². The summed E-state index contributed by atoms with van der Waals surface area (Å²) >= 11 is 3.37. The molecule has 0 radical (unpaired) electrons. The van der Waals surface area contributed by atoms with E-state index < -0.39 is 0 Å². The third-order valence-corrected chi connectivity index (χ3v) is 3.37. The van der Waals surface area contributed by atoms with Crippen LogP contribution in [0.3, 0.4) is 0 Å². The van der Waals surface area contributed by atoms with Crippen molar-refractivity contribution < 1.29 is 14.3 Å². The summed E-state index contributed by atoms with van der Waals surface area (Å²) in [4.78, 5) is 11.9. The van der Waals surface area contributed by atoms with Gasteiger partial charge >= 0.3 is 0 Å². The molecular formula is C13H16BrNO3. The number of anilines is 1. The number of halogens is 1. The van der Waals surface area contributed by atoms with Crippen LogP contribution >= 0.6 is 15.9 Å². The lowest BCUT2D eigenvalue weighted by molar-refractivity contribution is -0.118. The van der Waals surface area contributed by atoms with E-state index in [2.05, 4.69) is 21.2 Å². The molecule has 0 bridgehead atoms. The van der Waals surface area contributed by atoms with Crippen LogP contribution in [0.25, 0.3) is 0 Å². The van der Waals surface area contributed by atoms with Crippen molar-refractivity contribution in [2.24, 2.45) is 0 Å². The van der Waals surface area contributed by atoms with E-state index in [0.717, 1.165) is 23.9 Å². The number of amides is 1. The maximum Gasteiger partial charge on any atom is 0.227 e. The van der Waals surface area contributed by atoms with E-state index in [1.165, 1.54) is 0 Å². The van der Waals surface area contributed by atoms with Crippen molar-refractivity contribution in [2.45, 2.75) is 25.4 Å². The Labute approximate surface area is 115 Å². The normalized spacial score (nSPS) is 18.7. The second-order valence-electron chi connectivity index (χ2n) is 4.23. The molecule has 5 heteroatoms. The van der Waals surface area contributed by atoms with E-state index in [1.54, 1.807) is 7.11 Å². The smallest absolute Gasteiger partial charge is 0.227 e. The van der Waals surface area contributed by atoms with Gasteiger partial charge < -0.3 is 14.8 Å². The quantitative estimate of drug-likeness (QED) is 0.929. The van der Waals surface area contributed by atoms with Crippen LogP contribution in [-0.2, 0) is 9.53 Å². The Kier molecular flexibility index (Phi) is 4.60. The van der Waals surface area contributed by atoms with Crippen LogP contribution in [0.1, 0.15) is 19.3 Å². The van der Waals surface area contributed by atoms with Crippen molar-refractivity contribution in [3.8, 4) is 5.75 Å². The minimum atomic E-state index is -0.0432. The molecule has 4 nitrogen and oxygen atoms in total. The minimum Gasteiger partial charge on any atom is -0.495 e. The van der Waals surface area contributed by atoms with Crippen molar-refractivity contribution in [2.75, 3.05) is 19.0 Å². The third-order valence-electron chi connectivity index (χ3n) is 2.87. The van der Waals surface area contributed by atoms with Crippen molar-refractivity contribution >= 4 is 27.5 Å². The van der Waals surface area contributed by atoms with Crippen LogP contribution < -0.4 is 10.1 Å². The highest BCUT2D eigenvalue weighted by atomic mass is 79.9. The molecular weight excluding hydrogens is 298 g/mol. The fraction of sp³-hybridized carbons (Fsp3) is 0.462. The first kappa shape index (κ1) is 13.4. The van der Waals surface area contributed by atoms with Crippen molar-refractivity contribution in [1.29, 1.82) is 0 Å². The maximum atomic E-state index is 11.9. The van der Waals surface area contributed by atoms with Gasteiger partial charge in [-0.2, -0.15) is 0 Å². The third kappa shape index (κ3) is 3.46. The molecule has 1 amide bonds. The number of carbonyl (C=O) groups excluding carboxylic acids is 1. The molecule has 1 N–H and O–H groups in total. The van der Waals surface area contributed by atoms with Gasteiger partial charge in [0, 0.05) is 11.1 Å². The summed E-state index contributed by atoms with van der Waals surface area (Å²) in [5, 5.41) is 2.86. The number of methoxy groups -OCH3 is 1. The zero-order valence-corrected chi connectivity index (χ0v) is 11.8. The van der Waals surface area contributed by atoms with Crippen molar-refractivity contribution in [3.63, 3.8) is 0 Å². The number of benzene rings is 1. The first-order valence-corrected chi connectivity index (χ1v) is 6.73. The van der Waals surface area contributed by atoms with E-state index in [-0.39, 0.29) is 12.0 Å². The average molecular weight is 314 g/mol. The Morgan fingerprint density at radius 2 is 2.44 bits per heavy atom. The highest BCUT2D eigenvalue weighted by Gasteiger charge is 2.19. The molecule has 1 aromatic rings.